The summed E-state index contributed by atoms with van der Waals surface area (Å²) >= 11 is 0. The molecule has 0 spiro atoms. The summed E-state index contributed by atoms with van der Waals surface area (Å²) in [4.78, 5) is 50.4. The number of hydrogen-bond acceptors (Lipinski definition) is 5. The molecule has 2 aromatic rings. The fraction of sp³-hybridized carbons (Fsp3) is 0.238. The maximum atomic E-state index is 12.5. The Kier molecular flexibility index (Phi) is 5.54. The number of nitrogens with zero attached hydrogens (tertiary/aromatic N) is 1. The number of esters is 1. The van der Waals surface area contributed by atoms with Crippen LogP contribution in [0.15, 0.2) is 54.6 Å². The first-order chi connectivity index (χ1) is 13.4. The van der Waals surface area contributed by atoms with Crippen LogP contribution in [-0.2, 0) is 9.53 Å². The molecule has 1 N–H and O–H groups in total. The minimum Gasteiger partial charge on any atom is -0.442 e. The number of imide groups is 1. The van der Waals surface area contributed by atoms with Crippen molar-refractivity contribution in [3.63, 3.8) is 0 Å². The van der Waals surface area contributed by atoms with Crippen molar-refractivity contribution in [3.8, 4) is 0 Å². The molecule has 1 atom stereocenters. The van der Waals surface area contributed by atoms with Crippen LogP contribution in [0.5, 0.6) is 0 Å². The number of ether oxygens (including phenoxy) is 1. The first-order valence-electron chi connectivity index (χ1n) is 8.88. The Balaban J connectivity index is 1.65. The van der Waals surface area contributed by atoms with E-state index in [2.05, 4.69) is 5.32 Å². The van der Waals surface area contributed by atoms with Gasteiger partial charge in [-0.15, -0.1) is 0 Å². The van der Waals surface area contributed by atoms with E-state index in [-0.39, 0.29) is 17.0 Å². The van der Waals surface area contributed by atoms with Gasteiger partial charge in [0, 0.05) is 5.56 Å². The van der Waals surface area contributed by atoms with E-state index in [1.807, 2.05) is 0 Å². The van der Waals surface area contributed by atoms with Crippen molar-refractivity contribution in [2.75, 3.05) is 6.73 Å². The van der Waals surface area contributed by atoms with Gasteiger partial charge in [0.2, 0.25) is 0 Å². The Morgan fingerprint density at radius 3 is 2.00 bits per heavy atom. The number of benzene rings is 2. The van der Waals surface area contributed by atoms with Gasteiger partial charge < -0.3 is 10.1 Å². The molecule has 7 heteroatoms. The fourth-order valence-electron chi connectivity index (χ4n) is 2.89. The molecule has 0 bridgehead atoms. The normalized spacial score (nSPS) is 14.0. The largest absolute Gasteiger partial charge is 0.442 e. The van der Waals surface area contributed by atoms with Crippen molar-refractivity contribution in [2.24, 2.45) is 5.92 Å². The van der Waals surface area contributed by atoms with Gasteiger partial charge >= 0.3 is 5.97 Å². The first kappa shape index (κ1) is 19.3. The second-order valence-electron chi connectivity index (χ2n) is 6.74. The molecule has 0 unspecified atom stereocenters. The molecule has 3 amide bonds. The van der Waals surface area contributed by atoms with Gasteiger partial charge in [0.05, 0.1) is 11.1 Å². The number of nitrogens with one attached hydrogen (secondary N) is 1. The van der Waals surface area contributed by atoms with Gasteiger partial charge in [-0.3, -0.25) is 14.4 Å². The molecule has 0 aliphatic carbocycles. The zero-order valence-corrected chi connectivity index (χ0v) is 15.5. The summed E-state index contributed by atoms with van der Waals surface area (Å²) in [7, 11) is 0. The van der Waals surface area contributed by atoms with Gasteiger partial charge in [0.25, 0.3) is 17.7 Å². The highest BCUT2D eigenvalue weighted by Crippen LogP contribution is 2.22. The zero-order chi connectivity index (χ0) is 20.3. The quantitative estimate of drug-likeness (QED) is 0.613. The lowest BCUT2D eigenvalue weighted by atomic mass is 10.0. The molecule has 144 valence electrons. The van der Waals surface area contributed by atoms with E-state index in [1.165, 1.54) is 0 Å². The maximum absolute atomic E-state index is 12.5. The molecular formula is C21H20N2O5. The third kappa shape index (κ3) is 3.78. The summed E-state index contributed by atoms with van der Waals surface area (Å²) in [5, 5.41) is 2.65. The van der Waals surface area contributed by atoms with Crippen LogP contribution in [0.1, 0.15) is 44.9 Å². The van der Waals surface area contributed by atoms with Crippen molar-refractivity contribution in [2.45, 2.75) is 19.9 Å². The van der Waals surface area contributed by atoms with Crippen molar-refractivity contribution < 1.29 is 23.9 Å². The summed E-state index contributed by atoms with van der Waals surface area (Å²) < 4.78 is 5.19. The molecule has 2 aromatic carbocycles. The molecular weight excluding hydrogens is 360 g/mol. The zero-order valence-electron chi connectivity index (χ0n) is 15.5. The Bertz CT molecular complexity index is 888. The highest BCUT2D eigenvalue weighted by molar-refractivity contribution is 6.21. The molecule has 3 rings (SSSR count). The summed E-state index contributed by atoms with van der Waals surface area (Å²) in [6, 6.07) is 14.0. The van der Waals surface area contributed by atoms with E-state index >= 15 is 0 Å². The molecule has 1 aliphatic rings. The van der Waals surface area contributed by atoms with Crippen molar-refractivity contribution in [3.05, 3.63) is 71.3 Å². The number of rotatable bonds is 6. The van der Waals surface area contributed by atoms with Crippen LogP contribution in [0.3, 0.4) is 0 Å². The Morgan fingerprint density at radius 1 is 0.929 bits per heavy atom. The summed E-state index contributed by atoms with van der Waals surface area (Å²) in [5.41, 5.74) is 0.976. The van der Waals surface area contributed by atoms with Crippen LogP contribution >= 0.6 is 0 Å². The Morgan fingerprint density at radius 2 is 1.46 bits per heavy atom. The smallest absolute Gasteiger partial charge is 0.330 e. The van der Waals surface area contributed by atoms with Gasteiger partial charge in [-0.2, -0.15) is 0 Å². The van der Waals surface area contributed by atoms with Gasteiger partial charge in [-0.25, -0.2) is 9.69 Å². The van der Waals surface area contributed by atoms with Crippen LogP contribution in [0.2, 0.25) is 0 Å². The van der Waals surface area contributed by atoms with Crippen LogP contribution in [0.4, 0.5) is 0 Å². The summed E-state index contributed by atoms with van der Waals surface area (Å²) in [6.45, 7) is 3.02. The molecule has 0 radical (unpaired) electrons. The maximum Gasteiger partial charge on any atom is 0.330 e. The lowest BCUT2D eigenvalue weighted by Crippen LogP contribution is -2.46. The van der Waals surface area contributed by atoms with E-state index in [9.17, 15) is 19.2 Å². The predicted octanol–water partition coefficient (Wildman–Crippen LogP) is 2.24. The highest BCUT2D eigenvalue weighted by Gasteiger charge is 2.36. The monoisotopic (exact) mass is 380 g/mol. The molecule has 28 heavy (non-hydrogen) atoms. The van der Waals surface area contributed by atoms with E-state index in [1.54, 1.807) is 68.4 Å². The highest BCUT2D eigenvalue weighted by atomic mass is 16.5. The fourth-order valence-corrected chi connectivity index (χ4v) is 2.89. The number of fused-ring (bicyclic) bond motifs is 1. The van der Waals surface area contributed by atoms with Crippen LogP contribution in [-0.4, -0.2) is 41.4 Å². The average molecular weight is 380 g/mol. The summed E-state index contributed by atoms with van der Waals surface area (Å²) in [5.74, 6) is -2.39. The van der Waals surface area contributed by atoms with Gasteiger partial charge in [0.1, 0.15) is 6.04 Å². The number of hydrogen-bond donors (Lipinski definition) is 1. The molecule has 0 saturated heterocycles. The predicted molar refractivity (Wildman–Crippen MR) is 100 cm³/mol. The Labute approximate surface area is 162 Å². The summed E-state index contributed by atoms with van der Waals surface area (Å²) in [6.07, 6.45) is 0. The molecule has 0 saturated carbocycles. The second-order valence-corrected chi connectivity index (χ2v) is 6.74. The number of carbonyl (C=O) groups excluding carboxylic acids is 4. The van der Waals surface area contributed by atoms with Gasteiger partial charge in [0.15, 0.2) is 6.73 Å². The van der Waals surface area contributed by atoms with Gasteiger partial charge in [-0.1, -0.05) is 44.2 Å². The average Bonchev–Trinajstić information content (AvgIpc) is 2.95. The molecule has 1 aliphatic heterocycles. The Hall–Kier alpha value is -3.48. The lowest BCUT2D eigenvalue weighted by Gasteiger charge is -2.22. The van der Waals surface area contributed by atoms with E-state index < -0.39 is 36.5 Å². The van der Waals surface area contributed by atoms with Crippen LogP contribution in [0, 0.1) is 5.92 Å². The first-order valence-corrected chi connectivity index (χ1v) is 8.88. The minimum absolute atomic E-state index is 0.248. The van der Waals surface area contributed by atoms with Crippen LogP contribution < -0.4 is 5.32 Å². The second kappa shape index (κ2) is 8.04. The number of carbonyl (C=O) groups is 4. The molecule has 7 nitrogen and oxygen atoms in total. The van der Waals surface area contributed by atoms with E-state index in [0.29, 0.717) is 5.56 Å². The van der Waals surface area contributed by atoms with E-state index in [0.717, 1.165) is 4.90 Å². The van der Waals surface area contributed by atoms with Crippen molar-refractivity contribution in [1.82, 2.24) is 10.2 Å². The van der Waals surface area contributed by atoms with Crippen LogP contribution in [0.25, 0.3) is 0 Å². The SMILES string of the molecule is CC(C)[C@@H](NC(=O)c1ccccc1)C(=O)OCN1C(=O)c2ccccc2C1=O. The lowest BCUT2D eigenvalue weighted by molar-refractivity contribution is -0.149. The molecule has 1 heterocycles. The topological polar surface area (TPSA) is 92.8 Å². The number of amides is 3. The van der Waals surface area contributed by atoms with E-state index in [4.69, 9.17) is 4.74 Å². The minimum atomic E-state index is -0.914. The van der Waals surface area contributed by atoms with Gasteiger partial charge in [-0.05, 0) is 30.2 Å². The van der Waals surface area contributed by atoms with Crippen molar-refractivity contribution in [1.29, 1.82) is 0 Å². The van der Waals surface area contributed by atoms with Crippen molar-refractivity contribution >= 4 is 23.7 Å². The third-order valence-corrected chi connectivity index (χ3v) is 4.46. The molecule has 0 aromatic heterocycles. The third-order valence-electron chi connectivity index (χ3n) is 4.46. The molecule has 0 fully saturated rings. The standard InChI is InChI=1S/C21H20N2O5/c1-13(2)17(22-18(24)14-8-4-3-5-9-14)21(27)28-12-23-19(25)15-10-6-7-11-16(15)20(23)26/h3-11,13,17H,12H2,1-2H3,(H,22,24)/t17-/m1/s1.